The summed E-state index contributed by atoms with van der Waals surface area (Å²) in [5.41, 5.74) is 2.34. The molecule has 1 aromatic heterocycles. The van der Waals surface area contributed by atoms with Crippen molar-refractivity contribution in [3.8, 4) is 0 Å². The van der Waals surface area contributed by atoms with Crippen LogP contribution >= 0.6 is 11.3 Å². The maximum Gasteiger partial charge on any atom is 0.270 e. The first-order valence-corrected chi connectivity index (χ1v) is 11.5. The molecule has 0 saturated heterocycles. The molecule has 152 valence electrons. The van der Waals surface area contributed by atoms with Gasteiger partial charge in [-0.15, -0.1) is 11.3 Å². The minimum Gasteiger partial charge on any atom is -0.360 e. The third kappa shape index (κ3) is 3.67. The van der Waals surface area contributed by atoms with Crippen LogP contribution in [0.5, 0.6) is 0 Å². The van der Waals surface area contributed by atoms with Gasteiger partial charge in [0.15, 0.2) is 10.7 Å². The van der Waals surface area contributed by atoms with Crippen LogP contribution in [0.15, 0.2) is 77.1 Å². The van der Waals surface area contributed by atoms with Crippen LogP contribution in [0.3, 0.4) is 0 Å². The summed E-state index contributed by atoms with van der Waals surface area (Å²) in [6.07, 6.45) is 1.22. The zero-order valence-electron chi connectivity index (χ0n) is 16.0. The largest absolute Gasteiger partial charge is 0.360 e. The number of sulfonamides is 1. The van der Waals surface area contributed by atoms with Crippen molar-refractivity contribution in [1.82, 2.24) is 0 Å². The third-order valence-corrected chi connectivity index (χ3v) is 7.41. The minimum absolute atomic E-state index is 0.0632. The Morgan fingerprint density at radius 2 is 1.77 bits per heavy atom. The number of nitrogens with one attached hydrogen (secondary N) is 1. The summed E-state index contributed by atoms with van der Waals surface area (Å²) in [4.78, 5) is 24.4. The van der Waals surface area contributed by atoms with Crippen LogP contribution in [0.25, 0.3) is 0 Å². The Kier molecular flexibility index (Phi) is 5.27. The number of thiophene rings is 1. The van der Waals surface area contributed by atoms with Gasteiger partial charge in [-0.3, -0.25) is 13.9 Å². The van der Waals surface area contributed by atoms with Crippen LogP contribution in [0.4, 0.5) is 11.4 Å². The van der Waals surface area contributed by atoms with Crippen molar-refractivity contribution >= 4 is 44.3 Å². The molecule has 0 bridgehead atoms. The first-order chi connectivity index (χ1) is 14.4. The van der Waals surface area contributed by atoms with Crippen molar-refractivity contribution < 1.29 is 18.0 Å². The van der Waals surface area contributed by atoms with E-state index < -0.39 is 15.8 Å². The normalized spacial score (nSPS) is 16.4. The Balaban J connectivity index is 1.70. The van der Waals surface area contributed by atoms with Crippen molar-refractivity contribution in [3.63, 3.8) is 0 Å². The summed E-state index contributed by atoms with van der Waals surface area (Å²) in [6, 6.07) is 17.5. The lowest BCUT2D eigenvalue weighted by molar-refractivity contribution is 0.101. The molecule has 0 radical (unpaired) electrons. The maximum absolute atomic E-state index is 13.3. The van der Waals surface area contributed by atoms with E-state index in [0.29, 0.717) is 21.8 Å². The second kappa shape index (κ2) is 7.89. The Morgan fingerprint density at radius 1 is 1.07 bits per heavy atom. The highest BCUT2D eigenvalue weighted by Gasteiger charge is 2.41. The van der Waals surface area contributed by atoms with Gasteiger partial charge in [0.05, 0.1) is 12.2 Å². The van der Waals surface area contributed by atoms with Crippen LogP contribution in [0, 0.1) is 0 Å². The molecule has 8 heteroatoms. The summed E-state index contributed by atoms with van der Waals surface area (Å²) in [7, 11) is -4.05. The van der Waals surface area contributed by atoms with Crippen LogP contribution < -0.4 is 9.62 Å². The van der Waals surface area contributed by atoms with Crippen molar-refractivity contribution in [2.75, 3.05) is 9.62 Å². The van der Waals surface area contributed by atoms with E-state index in [1.165, 1.54) is 28.8 Å². The average molecular weight is 439 g/mol. The van der Waals surface area contributed by atoms with Crippen molar-refractivity contribution in [2.45, 2.75) is 13.5 Å². The van der Waals surface area contributed by atoms with E-state index in [1.54, 1.807) is 35.7 Å². The Bertz CT molecular complexity index is 1240. The second-order valence-corrected chi connectivity index (χ2v) is 9.49. The van der Waals surface area contributed by atoms with E-state index in [1.807, 2.05) is 30.3 Å². The topological polar surface area (TPSA) is 83.6 Å². The van der Waals surface area contributed by atoms with Crippen molar-refractivity contribution in [1.29, 1.82) is 0 Å². The lowest BCUT2D eigenvalue weighted by atomic mass is 10.1. The Morgan fingerprint density at radius 3 is 2.43 bits per heavy atom. The summed E-state index contributed by atoms with van der Waals surface area (Å²) in [5.74, 6) is -0.594. The molecule has 2 aromatic carbocycles. The molecule has 0 aliphatic carbocycles. The Hall–Kier alpha value is -3.23. The van der Waals surface area contributed by atoms with Crippen molar-refractivity contribution in [3.05, 3.63) is 93.2 Å². The summed E-state index contributed by atoms with van der Waals surface area (Å²) in [6.45, 7) is 1.60. The van der Waals surface area contributed by atoms with Gasteiger partial charge in [0.2, 0.25) is 5.78 Å². The predicted octanol–water partition coefficient (Wildman–Crippen LogP) is 4.44. The van der Waals surface area contributed by atoms with E-state index in [-0.39, 0.29) is 17.2 Å². The summed E-state index contributed by atoms with van der Waals surface area (Å²) < 4.78 is 27.9. The molecule has 0 saturated carbocycles. The number of nitrogens with zero attached hydrogens (tertiary/aromatic N) is 1. The number of allylic oxidation sites excluding steroid dienone is 1. The zero-order chi connectivity index (χ0) is 21.3. The summed E-state index contributed by atoms with van der Waals surface area (Å²) in [5, 5.41) is 4.59. The number of Topliss-reactive ketones (excluding diaryl/α,β-unsaturated/α-hetero) is 2. The van der Waals surface area contributed by atoms with E-state index in [0.717, 1.165) is 5.56 Å². The molecule has 1 N–H and O–H groups in total. The van der Waals surface area contributed by atoms with Gasteiger partial charge in [0.1, 0.15) is 4.88 Å². The van der Waals surface area contributed by atoms with E-state index in [9.17, 15) is 18.0 Å². The first kappa shape index (κ1) is 20.1. The maximum atomic E-state index is 13.3. The van der Waals surface area contributed by atoms with Gasteiger partial charge >= 0.3 is 0 Å². The molecule has 0 unspecified atom stereocenters. The number of hydrogen-bond acceptors (Lipinski definition) is 6. The molecule has 2 heterocycles. The highest BCUT2D eigenvalue weighted by Crippen LogP contribution is 2.39. The van der Waals surface area contributed by atoms with Gasteiger partial charge < -0.3 is 5.32 Å². The van der Waals surface area contributed by atoms with Crippen LogP contribution in [0.1, 0.15) is 32.5 Å². The number of benzene rings is 2. The highest BCUT2D eigenvalue weighted by molar-refractivity contribution is 7.97. The highest BCUT2D eigenvalue weighted by atomic mass is 32.2. The van der Waals surface area contributed by atoms with Crippen LogP contribution in [0.2, 0.25) is 0 Å². The Labute approximate surface area is 178 Å². The fourth-order valence-corrected chi connectivity index (χ4v) is 5.64. The lowest BCUT2D eigenvalue weighted by Crippen LogP contribution is -2.38. The van der Waals surface area contributed by atoms with E-state index in [4.69, 9.17) is 0 Å². The smallest absolute Gasteiger partial charge is 0.270 e. The minimum atomic E-state index is -4.05. The zero-order valence-corrected chi connectivity index (χ0v) is 17.7. The van der Waals surface area contributed by atoms with Crippen LogP contribution in [-0.2, 0) is 16.6 Å². The molecule has 3 aromatic rings. The summed E-state index contributed by atoms with van der Waals surface area (Å²) >= 11 is 1.22. The molecule has 6 nitrogen and oxygen atoms in total. The molecule has 4 rings (SSSR count). The third-order valence-electron chi connectivity index (χ3n) is 4.74. The molecule has 0 spiro atoms. The first-order valence-electron chi connectivity index (χ1n) is 9.14. The molecule has 0 atom stereocenters. The van der Waals surface area contributed by atoms with E-state index >= 15 is 0 Å². The van der Waals surface area contributed by atoms with Gasteiger partial charge in [-0.25, -0.2) is 8.42 Å². The molecule has 0 amide bonds. The second-order valence-electron chi connectivity index (χ2n) is 6.75. The van der Waals surface area contributed by atoms with Gasteiger partial charge in [-0.05, 0) is 48.2 Å². The van der Waals surface area contributed by atoms with Gasteiger partial charge in [-0.1, -0.05) is 30.3 Å². The SMILES string of the molecule is CC(=O)c1ccc(N/C=C2/C(=O)c3sccc3N(Cc3ccccc3)S2(=O)=O)cc1. The van der Waals surface area contributed by atoms with Crippen LogP contribution in [-0.4, -0.2) is 20.0 Å². The van der Waals surface area contributed by atoms with Gasteiger partial charge in [0.25, 0.3) is 10.0 Å². The molecule has 1 aliphatic heterocycles. The number of anilines is 2. The number of hydrogen-bond donors (Lipinski definition) is 1. The van der Waals surface area contributed by atoms with Gasteiger partial charge in [-0.2, -0.15) is 0 Å². The monoisotopic (exact) mass is 438 g/mol. The molecular formula is C22H18N2O4S2. The molecular weight excluding hydrogens is 420 g/mol. The number of carbonyl (C=O) groups excluding carboxylic acids is 2. The van der Waals surface area contributed by atoms with E-state index in [2.05, 4.69) is 5.32 Å². The molecule has 30 heavy (non-hydrogen) atoms. The quantitative estimate of drug-likeness (QED) is 0.470. The number of rotatable bonds is 5. The average Bonchev–Trinajstić information content (AvgIpc) is 3.22. The van der Waals surface area contributed by atoms with Crippen molar-refractivity contribution in [2.24, 2.45) is 0 Å². The molecule has 0 fully saturated rings. The number of fused-ring (bicyclic) bond motifs is 1. The molecule has 1 aliphatic rings. The fraction of sp³-hybridized carbons (Fsp3) is 0.0909. The fourth-order valence-electron chi connectivity index (χ4n) is 3.16. The number of carbonyl (C=O) groups is 2. The standard InChI is InChI=1S/C22H18N2O4S2/c1-15(25)17-7-9-18(10-8-17)23-13-20-21(26)22-19(11-12-29-22)24(30(20,27)28)14-16-5-3-2-4-6-16/h2-13,23H,14H2,1H3/b20-13-. The van der Waals surface area contributed by atoms with Gasteiger partial charge in [0, 0.05) is 17.5 Å². The lowest BCUT2D eigenvalue weighted by Gasteiger charge is -2.29. The number of ketones is 2. The predicted molar refractivity (Wildman–Crippen MR) is 118 cm³/mol.